The van der Waals surface area contributed by atoms with Crippen LogP contribution < -0.4 is 0 Å². The topological polar surface area (TPSA) is 51.6 Å². The summed E-state index contributed by atoms with van der Waals surface area (Å²) in [4.78, 5) is 20.1. The fourth-order valence-electron chi connectivity index (χ4n) is 8.22. The first kappa shape index (κ1) is 33.5. The Labute approximate surface area is 335 Å². The van der Waals surface area contributed by atoms with Crippen LogP contribution in [0.3, 0.4) is 0 Å². The van der Waals surface area contributed by atoms with Crippen LogP contribution in [0, 0.1) is 0 Å². The molecular weight excluding hydrogens is 705 g/mol. The highest BCUT2D eigenvalue weighted by Crippen LogP contribution is 2.40. The monoisotopic (exact) mass is 738 g/mol. The summed E-state index contributed by atoms with van der Waals surface area (Å²) in [6, 6.07) is 70.5. The van der Waals surface area contributed by atoms with Crippen molar-refractivity contribution >= 4 is 43.2 Å². The zero-order valence-corrected chi connectivity index (χ0v) is 31.4. The van der Waals surface area contributed by atoms with Crippen LogP contribution in [0.25, 0.3) is 111 Å². The lowest BCUT2D eigenvalue weighted by molar-refractivity contribution is 1.07. The van der Waals surface area contributed by atoms with Gasteiger partial charge in [0.25, 0.3) is 0 Å². The molecule has 0 aliphatic carbocycles. The first-order valence-corrected chi connectivity index (χ1v) is 19.5. The van der Waals surface area contributed by atoms with Gasteiger partial charge in [0.15, 0.2) is 17.5 Å². The number of para-hydroxylation sites is 1. The summed E-state index contributed by atoms with van der Waals surface area (Å²) in [6.07, 6.45) is 1.97. The summed E-state index contributed by atoms with van der Waals surface area (Å²) < 4.78 is 0. The summed E-state index contributed by atoms with van der Waals surface area (Å²) in [7, 11) is 0. The number of hydrogen-bond donors (Lipinski definition) is 0. The Kier molecular flexibility index (Phi) is 8.11. The van der Waals surface area contributed by atoms with Crippen molar-refractivity contribution in [2.45, 2.75) is 0 Å². The zero-order chi connectivity index (χ0) is 38.4. The van der Waals surface area contributed by atoms with Gasteiger partial charge in [-0.1, -0.05) is 158 Å². The molecule has 9 aromatic carbocycles. The van der Waals surface area contributed by atoms with Gasteiger partial charge in [0.1, 0.15) is 0 Å². The molecule has 270 valence electrons. The SMILES string of the molecule is c1ccc(-c2nc(-c3ccccc3)nc(-c3cc(-c4cccc(-c5cnc6ccccc6c5)c4)cc(-c4ccc5c6ccccc6c6ccccc6c5c4)c3)n2)cc1. The van der Waals surface area contributed by atoms with Crippen molar-refractivity contribution in [2.75, 3.05) is 0 Å². The molecule has 2 aromatic heterocycles. The van der Waals surface area contributed by atoms with Crippen molar-refractivity contribution in [3.63, 3.8) is 0 Å². The first-order chi connectivity index (χ1) is 28.7. The Morgan fingerprint density at radius 2 is 0.672 bits per heavy atom. The minimum absolute atomic E-state index is 0.614. The van der Waals surface area contributed by atoms with Crippen molar-refractivity contribution < 1.29 is 0 Å². The van der Waals surface area contributed by atoms with E-state index in [4.69, 9.17) is 19.9 Å². The Morgan fingerprint density at radius 1 is 0.241 bits per heavy atom. The van der Waals surface area contributed by atoms with E-state index in [9.17, 15) is 0 Å². The van der Waals surface area contributed by atoms with E-state index in [0.29, 0.717) is 17.5 Å². The van der Waals surface area contributed by atoms with Crippen LogP contribution in [0.1, 0.15) is 0 Å². The molecule has 0 aliphatic rings. The number of hydrogen-bond acceptors (Lipinski definition) is 4. The maximum absolute atomic E-state index is 5.16. The summed E-state index contributed by atoms with van der Waals surface area (Å²) in [5, 5.41) is 8.59. The molecule has 0 spiro atoms. The molecule has 0 aliphatic heterocycles. The second-order valence-corrected chi connectivity index (χ2v) is 14.7. The second-order valence-electron chi connectivity index (χ2n) is 14.7. The molecule has 2 heterocycles. The number of rotatable bonds is 6. The van der Waals surface area contributed by atoms with Crippen molar-refractivity contribution in [2.24, 2.45) is 0 Å². The highest BCUT2D eigenvalue weighted by Gasteiger charge is 2.16. The third-order valence-electron chi connectivity index (χ3n) is 11.1. The summed E-state index contributed by atoms with van der Waals surface area (Å²) in [5.74, 6) is 1.88. The molecule has 0 N–H and O–H groups in total. The lowest BCUT2D eigenvalue weighted by Gasteiger charge is -2.15. The number of aromatic nitrogens is 4. The van der Waals surface area contributed by atoms with Gasteiger partial charge >= 0.3 is 0 Å². The van der Waals surface area contributed by atoms with Gasteiger partial charge in [0, 0.05) is 33.8 Å². The van der Waals surface area contributed by atoms with Gasteiger partial charge in [-0.2, -0.15) is 0 Å². The zero-order valence-electron chi connectivity index (χ0n) is 31.4. The molecule has 0 amide bonds. The summed E-state index contributed by atoms with van der Waals surface area (Å²) >= 11 is 0. The van der Waals surface area contributed by atoms with Gasteiger partial charge in [-0.15, -0.1) is 0 Å². The van der Waals surface area contributed by atoms with Crippen molar-refractivity contribution in [3.05, 3.63) is 206 Å². The van der Waals surface area contributed by atoms with E-state index >= 15 is 0 Å². The normalized spacial score (nSPS) is 11.4. The molecule has 58 heavy (non-hydrogen) atoms. The van der Waals surface area contributed by atoms with Crippen molar-refractivity contribution in [1.82, 2.24) is 19.9 Å². The van der Waals surface area contributed by atoms with E-state index in [2.05, 4.69) is 127 Å². The van der Waals surface area contributed by atoms with Crippen LogP contribution in [0.5, 0.6) is 0 Å². The third kappa shape index (κ3) is 6.05. The highest BCUT2D eigenvalue weighted by atomic mass is 15.0. The molecule has 0 radical (unpaired) electrons. The summed E-state index contributed by atoms with van der Waals surface area (Å²) in [6.45, 7) is 0. The second kappa shape index (κ2) is 14.0. The molecule has 4 nitrogen and oxygen atoms in total. The molecule has 0 unspecified atom stereocenters. The van der Waals surface area contributed by atoms with Crippen LogP contribution in [-0.4, -0.2) is 19.9 Å². The summed E-state index contributed by atoms with van der Waals surface area (Å²) in [5.41, 5.74) is 10.3. The molecule has 0 atom stereocenters. The Balaban J connectivity index is 1.14. The third-order valence-corrected chi connectivity index (χ3v) is 11.1. The van der Waals surface area contributed by atoms with E-state index < -0.39 is 0 Å². The lowest BCUT2D eigenvalue weighted by atomic mass is 9.90. The molecule has 11 aromatic rings. The molecule has 0 bridgehead atoms. The van der Waals surface area contributed by atoms with Gasteiger partial charge in [-0.05, 0) is 103 Å². The molecule has 0 fully saturated rings. The van der Waals surface area contributed by atoms with Crippen LogP contribution in [-0.2, 0) is 0 Å². The van der Waals surface area contributed by atoms with Crippen LogP contribution in [0.2, 0.25) is 0 Å². The minimum Gasteiger partial charge on any atom is -0.256 e. The predicted molar refractivity (Wildman–Crippen MR) is 240 cm³/mol. The lowest BCUT2D eigenvalue weighted by Crippen LogP contribution is -2.00. The maximum Gasteiger partial charge on any atom is 0.164 e. The molecule has 4 heteroatoms. The molecule has 0 saturated carbocycles. The number of nitrogens with zero attached hydrogens (tertiary/aromatic N) is 4. The van der Waals surface area contributed by atoms with E-state index in [0.717, 1.165) is 61.0 Å². The van der Waals surface area contributed by atoms with Gasteiger partial charge in [-0.25, -0.2) is 15.0 Å². The van der Waals surface area contributed by atoms with Crippen LogP contribution >= 0.6 is 0 Å². The Bertz CT molecular complexity index is 3250. The number of fused-ring (bicyclic) bond motifs is 7. The van der Waals surface area contributed by atoms with Gasteiger partial charge in [-0.3, -0.25) is 4.98 Å². The number of pyridine rings is 1. The largest absolute Gasteiger partial charge is 0.256 e. The fraction of sp³-hybridized carbons (Fsp3) is 0. The van der Waals surface area contributed by atoms with Gasteiger partial charge < -0.3 is 0 Å². The molecule has 0 saturated heterocycles. The minimum atomic E-state index is 0.614. The van der Waals surface area contributed by atoms with E-state index in [1.807, 2.05) is 79.0 Å². The van der Waals surface area contributed by atoms with E-state index in [1.165, 1.54) is 32.3 Å². The van der Waals surface area contributed by atoms with Crippen molar-refractivity contribution in [3.8, 4) is 67.5 Å². The Morgan fingerprint density at radius 3 is 1.29 bits per heavy atom. The van der Waals surface area contributed by atoms with E-state index in [1.54, 1.807) is 0 Å². The van der Waals surface area contributed by atoms with Crippen molar-refractivity contribution in [1.29, 1.82) is 0 Å². The number of benzene rings is 9. The van der Waals surface area contributed by atoms with Gasteiger partial charge in [0.2, 0.25) is 0 Å². The standard InChI is InChI=1S/C54H34N4/c1-3-14-35(15-4-1)52-56-53(36-16-5-2-6-17-36)58-54(57-52)43-31-41(37-19-13-20-38(28-37)44-29-40-18-7-12-25-51(40)55-34-44)30-42(32-43)39-26-27-49-47-23-9-8-21-45(47)46-22-10-11-24-48(46)50(49)33-39/h1-34H. The predicted octanol–water partition coefficient (Wildman–Crippen LogP) is 13.9. The average Bonchev–Trinajstić information content (AvgIpc) is 3.31. The van der Waals surface area contributed by atoms with Gasteiger partial charge in [0.05, 0.1) is 5.52 Å². The molecule has 11 rings (SSSR count). The van der Waals surface area contributed by atoms with Crippen LogP contribution in [0.15, 0.2) is 206 Å². The van der Waals surface area contributed by atoms with E-state index in [-0.39, 0.29) is 0 Å². The molecular formula is C54H34N4. The Hall–Kier alpha value is -7.82. The fourth-order valence-corrected chi connectivity index (χ4v) is 8.22. The van der Waals surface area contributed by atoms with Crippen LogP contribution in [0.4, 0.5) is 0 Å². The average molecular weight is 739 g/mol. The quantitative estimate of drug-likeness (QED) is 0.159. The first-order valence-electron chi connectivity index (χ1n) is 19.5. The smallest absolute Gasteiger partial charge is 0.164 e. The highest BCUT2D eigenvalue weighted by molar-refractivity contribution is 6.25. The maximum atomic E-state index is 5.16.